The lowest BCUT2D eigenvalue weighted by Crippen LogP contribution is -2.18. The molecule has 0 heterocycles. The molecular formula is C15H18O2. The van der Waals surface area contributed by atoms with E-state index in [1.807, 2.05) is 37.3 Å². The van der Waals surface area contributed by atoms with Crippen LogP contribution in [0.5, 0.6) is 5.75 Å². The minimum absolute atomic E-state index is 0.188. The van der Waals surface area contributed by atoms with E-state index in [0.29, 0.717) is 5.78 Å². The normalized spacial score (nSPS) is 22.8. The quantitative estimate of drug-likeness (QED) is 0.727. The van der Waals surface area contributed by atoms with E-state index >= 15 is 0 Å². The first-order valence-corrected chi connectivity index (χ1v) is 6.09. The number of ketones is 1. The third kappa shape index (κ3) is 2.76. The number of hydrogen-bond donors (Lipinski definition) is 0. The molecule has 0 aromatic heterocycles. The van der Waals surface area contributed by atoms with E-state index in [9.17, 15) is 4.79 Å². The van der Waals surface area contributed by atoms with Crippen LogP contribution >= 0.6 is 0 Å². The summed E-state index contributed by atoms with van der Waals surface area (Å²) in [4.78, 5) is 12.0. The third-order valence-electron chi connectivity index (χ3n) is 3.30. The number of ether oxygens (including phenoxy) is 1. The number of Topliss-reactive ketones (excluding diaryl/α,β-unsaturated/α-hetero) is 1. The standard InChI is InChI=1S/C15H18O2/c1-11-4-3-5-13(15(11)16)10-12-6-8-14(17-2)9-7-12/h6-11H,3-5H2,1-2H3/b13-10+. The summed E-state index contributed by atoms with van der Waals surface area (Å²) in [5.41, 5.74) is 2.04. The molecule has 0 radical (unpaired) electrons. The maximum atomic E-state index is 12.0. The van der Waals surface area contributed by atoms with Crippen molar-refractivity contribution in [2.45, 2.75) is 26.2 Å². The molecular weight excluding hydrogens is 212 g/mol. The van der Waals surface area contributed by atoms with Gasteiger partial charge in [0.1, 0.15) is 5.75 Å². The van der Waals surface area contributed by atoms with Gasteiger partial charge in [-0.3, -0.25) is 4.79 Å². The smallest absolute Gasteiger partial charge is 0.161 e. The Morgan fingerprint density at radius 3 is 2.65 bits per heavy atom. The molecule has 1 aromatic rings. The van der Waals surface area contributed by atoms with Crippen molar-refractivity contribution in [3.8, 4) is 5.75 Å². The van der Waals surface area contributed by atoms with Crippen molar-refractivity contribution in [2.24, 2.45) is 5.92 Å². The molecule has 17 heavy (non-hydrogen) atoms. The molecule has 2 nitrogen and oxygen atoms in total. The second-order valence-electron chi connectivity index (χ2n) is 4.60. The van der Waals surface area contributed by atoms with Gasteiger partial charge in [0.2, 0.25) is 0 Å². The molecule has 0 N–H and O–H groups in total. The lowest BCUT2D eigenvalue weighted by atomic mass is 9.84. The fraction of sp³-hybridized carbons (Fsp3) is 0.400. The Kier molecular flexibility index (Phi) is 3.62. The lowest BCUT2D eigenvalue weighted by Gasteiger charge is -2.19. The van der Waals surface area contributed by atoms with E-state index in [1.165, 1.54) is 0 Å². The van der Waals surface area contributed by atoms with Crippen molar-refractivity contribution in [2.75, 3.05) is 7.11 Å². The molecule has 0 aliphatic heterocycles. The number of carbonyl (C=O) groups is 1. The van der Waals surface area contributed by atoms with Gasteiger partial charge < -0.3 is 4.74 Å². The fourth-order valence-electron chi connectivity index (χ4n) is 2.21. The fourth-order valence-corrected chi connectivity index (χ4v) is 2.21. The summed E-state index contributed by atoms with van der Waals surface area (Å²) in [6, 6.07) is 7.81. The summed E-state index contributed by atoms with van der Waals surface area (Å²) in [6.07, 6.45) is 5.07. The Hall–Kier alpha value is -1.57. The number of hydrogen-bond acceptors (Lipinski definition) is 2. The molecule has 1 aliphatic carbocycles. The summed E-state index contributed by atoms with van der Waals surface area (Å²) in [6.45, 7) is 2.02. The van der Waals surface area contributed by atoms with Crippen LogP contribution in [0.1, 0.15) is 31.7 Å². The zero-order valence-corrected chi connectivity index (χ0v) is 10.4. The van der Waals surface area contributed by atoms with E-state index < -0.39 is 0 Å². The number of benzene rings is 1. The van der Waals surface area contributed by atoms with Gasteiger partial charge in [-0.25, -0.2) is 0 Å². The Balaban J connectivity index is 2.19. The highest BCUT2D eigenvalue weighted by molar-refractivity contribution is 6.01. The second kappa shape index (κ2) is 5.17. The van der Waals surface area contributed by atoms with Gasteiger partial charge in [0, 0.05) is 5.92 Å². The number of methoxy groups -OCH3 is 1. The molecule has 90 valence electrons. The average Bonchev–Trinajstić information content (AvgIpc) is 2.36. The number of carbonyl (C=O) groups excluding carboxylic acids is 1. The van der Waals surface area contributed by atoms with Crippen molar-refractivity contribution < 1.29 is 9.53 Å². The molecule has 0 bridgehead atoms. The topological polar surface area (TPSA) is 26.3 Å². The zero-order chi connectivity index (χ0) is 12.3. The summed E-state index contributed by atoms with van der Waals surface area (Å²) in [7, 11) is 1.65. The highest BCUT2D eigenvalue weighted by atomic mass is 16.5. The van der Waals surface area contributed by atoms with Gasteiger partial charge in [-0.1, -0.05) is 19.1 Å². The zero-order valence-electron chi connectivity index (χ0n) is 10.4. The largest absolute Gasteiger partial charge is 0.497 e. The Bertz CT molecular complexity index is 429. The van der Waals surface area contributed by atoms with Crippen LogP contribution in [0.2, 0.25) is 0 Å². The number of allylic oxidation sites excluding steroid dienone is 1. The van der Waals surface area contributed by atoms with Gasteiger partial charge in [0.05, 0.1) is 7.11 Å². The first-order valence-electron chi connectivity index (χ1n) is 6.09. The maximum absolute atomic E-state index is 12.0. The van der Waals surface area contributed by atoms with Gasteiger partial charge >= 0.3 is 0 Å². The molecule has 2 rings (SSSR count). The lowest BCUT2D eigenvalue weighted by molar-refractivity contribution is -0.119. The highest BCUT2D eigenvalue weighted by Gasteiger charge is 2.22. The Labute approximate surface area is 102 Å². The summed E-state index contributed by atoms with van der Waals surface area (Å²) >= 11 is 0. The second-order valence-corrected chi connectivity index (χ2v) is 4.60. The summed E-state index contributed by atoms with van der Waals surface area (Å²) in [5, 5.41) is 0. The van der Waals surface area contributed by atoms with Crippen LogP contribution in [0.25, 0.3) is 6.08 Å². The monoisotopic (exact) mass is 230 g/mol. The first kappa shape index (κ1) is 11.9. The Morgan fingerprint density at radius 2 is 2.00 bits per heavy atom. The van der Waals surface area contributed by atoms with Crippen molar-refractivity contribution in [1.82, 2.24) is 0 Å². The van der Waals surface area contributed by atoms with Gasteiger partial charge in [0.15, 0.2) is 5.78 Å². The number of rotatable bonds is 2. The molecule has 1 fully saturated rings. The Morgan fingerprint density at radius 1 is 1.29 bits per heavy atom. The molecule has 0 saturated heterocycles. The molecule has 2 heteroatoms. The van der Waals surface area contributed by atoms with E-state index in [-0.39, 0.29) is 5.92 Å². The van der Waals surface area contributed by atoms with E-state index in [1.54, 1.807) is 7.11 Å². The van der Waals surface area contributed by atoms with Gasteiger partial charge in [-0.2, -0.15) is 0 Å². The maximum Gasteiger partial charge on any atom is 0.161 e. The van der Waals surface area contributed by atoms with Crippen molar-refractivity contribution >= 4 is 11.9 Å². The van der Waals surface area contributed by atoms with Crippen LogP contribution in [-0.4, -0.2) is 12.9 Å². The van der Waals surface area contributed by atoms with E-state index in [2.05, 4.69) is 0 Å². The van der Waals surface area contributed by atoms with E-state index in [4.69, 9.17) is 4.74 Å². The van der Waals surface area contributed by atoms with Crippen molar-refractivity contribution in [1.29, 1.82) is 0 Å². The van der Waals surface area contributed by atoms with Crippen LogP contribution in [-0.2, 0) is 4.79 Å². The predicted molar refractivity (Wildman–Crippen MR) is 69.0 cm³/mol. The minimum atomic E-state index is 0.188. The average molecular weight is 230 g/mol. The molecule has 1 unspecified atom stereocenters. The SMILES string of the molecule is COc1ccc(/C=C2\CCCC(C)C2=O)cc1. The van der Waals surface area contributed by atoms with Crippen LogP contribution in [0.4, 0.5) is 0 Å². The summed E-state index contributed by atoms with van der Waals surface area (Å²) < 4.78 is 5.11. The highest BCUT2D eigenvalue weighted by Crippen LogP contribution is 2.26. The molecule has 1 aliphatic rings. The molecule has 0 spiro atoms. The first-order chi connectivity index (χ1) is 8.20. The van der Waals surface area contributed by atoms with E-state index in [0.717, 1.165) is 36.1 Å². The molecule has 0 amide bonds. The minimum Gasteiger partial charge on any atom is -0.497 e. The molecule has 1 atom stereocenters. The third-order valence-corrected chi connectivity index (χ3v) is 3.30. The molecule has 1 aromatic carbocycles. The van der Waals surface area contributed by atoms with Gasteiger partial charge in [-0.15, -0.1) is 0 Å². The van der Waals surface area contributed by atoms with Crippen LogP contribution in [0.15, 0.2) is 29.8 Å². The molecule has 1 saturated carbocycles. The van der Waals surface area contributed by atoms with Crippen LogP contribution < -0.4 is 4.74 Å². The van der Waals surface area contributed by atoms with Crippen molar-refractivity contribution in [3.05, 3.63) is 35.4 Å². The van der Waals surface area contributed by atoms with Gasteiger partial charge in [-0.05, 0) is 48.6 Å². The van der Waals surface area contributed by atoms with Crippen LogP contribution in [0, 0.1) is 5.92 Å². The summed E-state index contributed by atoms with van der Waals surface area (Å²) in [5.74, 6) is 1.34. The van der Waals surface area contributed by atoms with Crippen LogP contribution in [0.3, 0.4) is 0 Å². The predicted octanol–water partition coefficient (Wildman–Crippen LogP) is 3.47. The van der Waals surface area contributed by atoms with Crippen molar-refractivity contribution in [3.63, 3.8) is 0 Å². The van der Waals surface area contributed by atoms with Gasteiger partial charge in [0.25, 0.3) is 0 Å².